The smallest absolute Gasteiger partial charge is 0.280 e. The molecule has 2 aromatic rings. The summed E-state index contributed by atoms with van der Waals surface area (Å²) in [5.74, 6) is 0.973. The molecule has 0 spiro atoms. The van der Waals surface area contributed by atoms with Gasteiger partial charge >= 0.3 is 0 Å². The van der Waals surface area contributed by atoms with Gasteiger partial charge in [-0.1, -0.05) is 0 Å². The topological polar surface area (TPSA) is 87.9 Å². The molecule has 0 aliphatic carbocycles. The van der Waals surface area contributed by atoms with Gasteiger partial charge in [0.25, 0.3) is 5.69 Å². The summed E-state index contributed by atoms with van der Waals surface area (Å²) in [5.41, 5.74) is 0.512. The lowest BCUT2D eigenvalue weighted by Gasteiger charge is -2.08. The summed E-state index contributed by atoms with van der Waals surface area (Å²) >= 11 is 0. The number of hydrogen-bond donors (Lipinski definition) is 0. The van der Waals surface area contributed by atoms with Crippen LogP contribution < -0.4 is 14.2 Å². The largest absolute Gasteiger partial charge is 0.494 e. The Morgan fingerprint density at radius 2 is 1.73 bits per heavy atom. The van der Waals surface area contributed by atoms with Crippen LogP contribution in [0.2, 0.25) is 0 Å². The van der Waals surface area contributed by atoms with Crippen molar-refractivity contribution in [2.75, 3.05) is 20.8 Å². The van der Waals surface area contributed by atoms with Crippen molar-refractivity contribution in [3.63, 3.8) is 0 Å². The second-order valence-corrected chi connectivity index (χ2v) is 5.18. The molecule has 26 heavy (non-hydrogen) atoms. The van der Waals surface area contributed by atoms with Crippen LogP contribution in [0.15, 0.2) is 42.5 Å². The Labute approximate surface area is 151 Å². The summed E-state index contributed by atoms with van der Waals surface area (Å²) in [5, 5.41) is 11.3. The van der Waals surface area contributed by atoms with Gasteiger partial charge in [-0.25, -0.2) is 0 Å². The van der Waals surface area contributed by atoms with Gasteiger partial charge in [0, 0.05) is 5.56 Å². The van der Waals surface area contributed by atoms with Gasteiger partial charge in [0.15, 0.2) is 17.3 Å². The Morgan fingerprint density at radius 3 is 2.27 bits per heavy atom. The van der Waals surface area contributed by atoms with E-state index in [-0.39, 0.29) is 22.8 Å². The minimum atomic E-state index is -0.539. The molecule has 7 heteroatoms. The molecule has 2 rings (SSSR count). The second-order valence-electron chi connectivity index (χ2n) is 5.18. The maximum absolute atomic E-state index is 12.3. The molecule has 7 nitrogen and oxygen atoms in total. The Bertz CT molecular complexity index is 827. The second kappa shape index (κ2) is 8.66. The third kappa shape index (κ3) is 4.38. The lowest BCUT2D eigenvalue weighted by molar-refractivity contribution is -0.385. The molecular formula is C19H19NO6. The van der Waals surface area contributed by atoms with E-state index in [1.807, 2.05) is 6.92 Å². The number of ketones is 1. The van der Waals surface area contributed by atoms with E-state index in [2.05, 4.69) is 0 Å². The molecule has 0 saturated heterocycles. The number of benzene rings is 2. The van der Waals surface area contributed by atoms with Crippen LogP contribution in [0.4, 0.5) is 5.69 Å². The fourth-order valence-electron chi connectivity index (χ4n) is 2.32. The normalized spacial score (nSPS) is 10.6. The number of hydrogen-bond acceptors (Lipinski definition) is 6. The zero-order valence-electron chi connectivity index (χ0n) is 14.7. The molecular weight excluding hydrogens is 338 g/mol. The highest BCUT2D eigenvalue weighted by molar-refractivity contribution is 6.07. The van der Waals surface area contributed by atoms with Crippen LogP contribution in [-0.4, -0.2) is 31.5 Å². The van der Waals surface area contributed by atoms with Crippen molar-refractivity contribution in [1.82, 2.24) is 0 Å². The minimum absolute atomic E-state index is 0.182. The van der Waals surface area contributed by atoms with E-state index >= 15 is 0 Å². The first-order valence-electron chi connectivity index (χ1n) is 7.85. The van der Waals surface area contributed by atoms with Crippen LogP contribution in [0.1, 0.15) is 22.8 Å². The predicted molar refractivity (Wildman–Crippen MR) is 97.2 cm³/mol. The molecule has 0 aromatic heterocycles. The highest BCUT2D eigenvalue weighted by Gasteiger charge is 2.18. The highest BCUT2D eigenvalue weighted by atomic mass is 16.6. The minimum Gasteiger partial charge on any atom is -0.494 e. The summed E-state index contributed by atoms with van der Waals surface area (Å²) < 4.78 is 15.6. The molecule has 0 unspecified atom stereocenters. The van der Waals surface area contributed by atoms with E-state index in [0.717, 1.165) is 0 Å². The van der Waals surface area contributed by atoms with Crippen LogP contribution in [0.5, 0.6) is 17.2 Å². The number of nitrogens with zero attached hydrogens (tertiary/aromatic N) is 1. The maximum Gasteiger partial charge on any atom is 0.280 e. The molecule has 0 radical (unpaired) electrons. The van der Waals surface area contributed by atoms with Crippen molar-refractivity contribution in [2.45, 2.75) is 6.92 Å². The first-order valence-corrected chi connectivity index (χ1v) is 7.85. The molecule has 0 heterocycles. The Hall–Kier alpha value is -3.35. The molecule has 0 bridgehead atoms. The maximum atomic E-state index is 12.3. The van der Waals surface area contributed by atoms with Crippen LogP contribution >= 0.6 is 0 Å². The van der Waals surface area contributed by atoms with Gasteiger partial charge in [-0.2, -0.15) is 0 Å². The number of rotatable bonds is 8. The van der Waals surface area contributed by atoms with Gasteiger partial charge in [-0.15, -0.1) is 0 Å². The van der Waals surface area contributed by atoms with E-state index in [0.29, 0.717) is 23.7 Å². The SMILES string of the molecule is CCOc1ccc(C(=O)/C=C/c2cc(OC)c(OC)cc2[N+](=O)[O-])cc1. The molecule has 0 amide bonds. The van der Waals surface area contributed by atoms with Crippen molar-refractivity contribution in [1.29, 1.82) is 0 Å². The standard InChI is InChI=1S/C19H19NO6/c1-4-26-15-8-5-13(6-9-15)17(21)10-7-14-11-18(24-2)19(25-3)12-16(14)20(22)23/h5-12H,4H2,1-3H3/b10-7+. The van der Waals surface area contributed by atoms with Gasteiger partial charge in [-0.05, 0) is 49.4 Å². The van der Waals surface area contributed by atoms with E-state index in [4.69, 9.17) is 14.2 Å². The molecule has 0 atom stereocenters. The van der Waals surface area contributed by atoms with Crippen molar-refractivity contribution in [2.24, 2.45) is 0 Å². The van der Waals surface area contributed by atoms with Crippen molar-refractivity contribution in [3.05, 3.63) is 63.7 Å². The van der Waals surface area contributed by atoms with Crippen LogP contribution in [-0.2, 0) is 0 Å². The highest BCUT2D eigenvalue weighted by Crippen LogP contribution is 2.35. The van der Waals surface area contributed by atoms with E-state index < -0.39 is 4.92 Å². The van der Waals surface area contributed by atoms with Gasteiger partial charge in [0.2, 0.25) is 0 Å². The number of nitro groups is 1. The number of nitro benzene ring substituents is 1. The summed E-state index contributed by atoms with van der Waals surface area (Å²) in [6.45, 7) is 2.41. The summed E-state index contributed by atoms with van der Waals surface area (Å²) in [7, 11) is 2.83. The molecule has 0 aliphatic heterocycles. The molecule has 136 valence electrons. The van der Waals surface area contributed by atoms with Crippen LogP contribution in [0.3, 0.4) is 0 Å². The average molecular weight is 357 g/mol. The van der Waals surface area contributed by atoms with Crippen molar-refractivity contribution < 1.29 is 23.9 Å². The zero-order chi connectivity index (χ0) is 19.1. The monoisotopic (exact) mass is 357 g/mol. The first-order chi connectivity index (χ1) is 12.5. The number of ether oxygens (including phenoxy) is 3. The van der Waals surface area contributed by atoms with Crippen LogP contribution in [0, 0.1) is 10.1 Å². The summed E-state index contributed by atoms with van der Waals surface area (Å²) in [6.07, 6.45) is 2.67. The van der Waals surface area contributed by atoms with E-state index in [9.17, 15) is 14.9 Å². The van der Waals surface area contributed by atoms with Gasteiger partial charge < -0.3 is 14.2 Å². The summed E-state index contributed by atoms with van der Waals surface area (Å²) in [4.78, 5) is 23.0. The first kappa shape index (κ1) is 19.0. The molecule has 2 aromatic carbocycles. The lowest BCUT2D eigenvalue weighted by atomic mass is 10.1. The fraction of sp³-hybridized carbons (Fsp3) is 0.211. The third-order valence-electron chi connectivity index (χ3n) is 3.59. The number of methoxy groups -OCH3 is 2. The Balaban J connectivity index is 2.30. The number of carbonyl (C=O) groups excluding carboxylic acids is 1. The average Bonchev–Trinajstić information content (AvgIpc) is 2.66. The number of carbonyl (C=O) groups is 1. The Kier molecular flexibility index (Phi) is 6.32. The van der Waals surface area contributed by atoms with Crippen molar-refractivity contribution in [3.8, 4) is 17.2 Å². The summed E-state index contributed by atoms with van der Waals surface area (Å²) in [6, 6.07) is 9.40. The third-order valence-corrected chi connectivity index (χ3v) is 3.59. The van der Waals surface area contributed by atoms with Gasteiger partial charge in [0.05, 0.1) is 37.4 Å². The lowest BCUT2D eigenvalue weighted by Crippen LogP contribution is -1.98. The molecule has 0 aliphatic rings. The van der Waals surface area contributed by atoms with E-state index in [1.165, 1.54) is 38.5 Å². The number of allylic oxidation sites excluding steroid dienone is 1. The molecule has 0 saturated carbocycles. The Morgan fingerprint density at radius 1 is 1.12 bits per heavy atom. The van der Waals surface area contributed by atoms with Crippen LogP contribution in [0.25, 0.3) is 6.08 Å². The quantitative estimate of drug-likeness (QED) is 0.308. The van der Waals surface area contributed by atoms with Gasteiger partial charge in [0.1, 0.15) is 5.75 Å². The van der Waals surface area contributed by atoms with Crippen molar-refractivity contribution >= 4 is 17.5 Å². The van der Waals surface area contributed by atoms with Gasteiger partial charge in [-0.3, -0.25) is 14.9 Å². The predicted octanol–water partition coefficient (Wildman–Crippen LogP) is 3.91. The van der Waals surface area contributed by atoms with E-state index in [1.54, 1.807) is 24.3 Å². The molecule has 0 N–H and O–H groups in total. The fourth-order valence-corrected chi connectivity index (χ4v) is 2.32. The molecule has 0 fully saturated rings. The zero-order valence-corrected chi connectivity index (χ0v) is 14.7.